The number of nitrogens with zero attached hydrogens (tertiary/aromatic N) is 3. The summed E-state index contributed by atoms with van der Waals surface area (Å²) in [6.45, 7) is 2.04. The number of aromatic nitrogens is 1. The minimum absolute atomic E-state index is 0.0621. The van der Waals surface area contributed by atoms with Gasteiger partial charge in [-0.3, -0.25) is 0 Å². The molecule has 0 saturated carbocycles. The van der Waals surface area contributed by atoms with Gasteiger partial charge in [-0.25, -0.2) is 13.4 Å². The second kappa shape index (κ2) is 6.12. The number of hydrogen-bond donors (Lipinski definition) is 0. The molecule has 0 amide bonds. The van der Waals surface area contributed by atoms with E-state index in [0.29, 0.717) is 0 Å². The fraction of sp³-hybridized carbons (Fsp3) is 0.231. The molecule has 2 aromatic rings. The van der Waals surface area contributed by atoms with Crippen LogP contribution in [0.3, 0.4) is 0 Å². The first-order valence-electron chi connectivity index (χ1n) is 5.91. The van der Waals surface area contributed by atoms with Crippen molar-refractivity contribution >= 4 is 33.0 Å². The van der Waals surface area contributed by atoms with Crippen LogP contribution in [0.1, 0.15) is 16.1 Å². The van der Waals surface area contributed by atoms with Crippen molar-refractivity contribution in [2.45, 2.75) is 18.4 Å². The van der Waals surface area contributed by atoms with Crippen molar-refractivity contribution in [1.29, 1.82) is 5.26 Å². The predicted octanol–water partition coefficient (Wildman–Crippen LogP) is 2.80. The monoisotopic (exact) mass is 341 g/mol. The molecule has 0 atom stereocenters. The lowest BCUT2D eigenvalue weighted by Gasteiger charge is -2.17. The van der Waals surface area contributed by atoms with E-state index >= 15 is 0 Å². The molecule has 0 saturated heterocycles. The molecule has 2 rings (SSSR count). The third-order valence-corrected chi connectivity index (χ3v) is 6.16. The van der Waals surface area contributed by atoms with E-state index in [9.17, 15) is 8.42 Å². The third kappa shape index (κ3) is 3.24. The molecule has 21 heavy (non-hydrogen) atoms. The highest BCUT2D eigenvalue weighted by molar-refractivity contribution is 7.89. The van der Waals surface area contributed by atoms with Crippen molar-refractivity contribution in [3.05, 3.63) is 44.9 Å². The Morgan fingerprint density at radius 3 is 2.76 bits per heavy atom. The van der Waals surface area contributed by atoms with Gasteiger partial charge in [0.25, 0.3) is 0 Å². The maximum Gasteiger partial charge on any atom is 0.244 e. The molecule has 1 aromatic carbocycles. The second-order valence-corrected chi connectivity index (χ2v) is 7.74. The van der Waals surface area contributed by atoms with E-state index in [2.05, 4.69) is 4.98 Å². The average Bonchev–Trinajstić information content (AvgIpc) is 2.84. The minimum atomic E-state index is -3.77. The summed E-state index contributed by atoms with van der Waals surface area (Å²) in [5.41, 5.74) is 2.73. The van der Waals surface area contributed by atoms with Crippen LogP contribution in [0.4, 0.5) is 0 Å². The zero-order valence-corrected chi connectivity index (χ0v) is 13.8. The van der Waals surface area contributed by atoms with E-state index in [0.717, 1.165) is 10.6 Å². The summed E-state index contributed by atoms with van der Waals surface area (Å²) in [5, 5.41) is 8.99. The maximum atomic E-state index is 12.6. The van der Waals surface area contributed by atoms with Crippen LogP contribution in [0.15, 0.2) is 28.6 Å². The lowest BCUT2D eigenvalue weighted by molar-refractivity contribution is 0.468. The number of benzene rings is 1. The highest BCUT2D eigenvalue weighted by Crippen LogP contribution is 2.27. The summed E-state index contributed by atoms with van der Waals surface area (Å²) < 4.78 is 26.4. The van der Waals surface area contributed by atoms with Crippen molar-refractivity contribution in [3.8, 4) is 6.07 Å². The molecule has 0 bridgehead atoms. The van der Waals surface area contributed by atoms with Gasteiger partial charge < -0.3 is 0 Å². The van der Waals surface area contributed by atoms with E-state index in [1.807, 2.05) is 13.0 Å². The highest BCUT2D eigenvalue weighted by atomic mass is 35.5. The SMILES string of the molecule is Cc1ncsc1CN(C)S(=O)(=O)c1cc(C#N)ccc1Cl. The van der Waals surface area contributed by atoms with E-state index in [1.54, 1.807) is 5.51 Å². The van der Waals surface area contributed by atoms with Crippen LogP contribution in [0.5, 0.6) is 0 Å². The summed E-state index contributed by atoms with van der Waals surface area (Å²) in [7, 11) is -2.29. The number of rotatable bonds is 4. The zero-order chi connectivity index (χ0) is 15.6. The van der Waals surface area contributed by atoms with Gasteiger partial charge in [-0.05, 0) is 25.1 Å². The first-order chi connectivity index (χ1) is 9.86. The van der Waals surface area contributed by atoms with E-state index in [-0.39, 0.29) is 22.0 Å². The normalized spacial score (nSPS) is 11.6. The van der Waals surface area contributed by atoms with Gasteiger partial charge in [-0.15, -0.1) is 11.3 Å². The molecular weight excluding hydrogens is 330 g/mol. The Morgan fingerprint density at radius 1 is 1.48 bits per heavy atom. The number of nitriles is 1. The van der Waals surface area contributed by atoms with Crippen LogP contribution < -0.4 is 0 Å². The van der Waals surface area contributed by atoms with Gasteiger partial charge in [0, 0.05) is 18.5 Å². The van der Waals surface area contributed by atoms with Gasteiger partial charge in [0.2, 0.25) is 10.0 Å². The van der Waals surface area contributed by atoms with Crippen molar-refractivity contribution < 1.29 is 8.42 Å². The van der Waals surface area contributed by atoms with Gasteiger partial charge in [0.15, 0.2) is 0 Å². The Balaban J connectivity index is 2.38. The Hall–Kier alpha value is -1.46. The molecule has 0 fully saturated rings. The first-order valence-corrected chi connectivity index (χ1v) is 8.61. The Bertz CT molecular complexity index is 809. The van der Waals surface area contributed by atoms with Crippen LogP contribution in [-0.4, -0.2) is 24.8 Å². The lowest BCUT2D eigenvalue weighted by Crippen LogP contribution is -2.26. The molecule has 0 N–H and O–H groups in total. The molecule has 0 aliphatic rings. The summed E-state index contributed by atoms with van der Waals surface area (Å²) >= 11 is 7.37. The van der Waals surface area contributed by atoms with Crippen molar-refractivity contribution in [3.63, 3.8) is 0 Å². The van der Waals surface area contributed by atoms with Gasteiger partial charge >= 0.3 is 0 Å². The number of hydrogen-bond acceptors (Lipinski definition) is 5. The molecule has 0 radical (unpaired) electrons. The number of sulfonamides is 1. The van der Waals surface area contributed by atoms with Crippen molar-refractivity contribution in [2.75, 3.05) is 7.05 Å². The first kappa shape index (κ1) is 15.9. The number of aryl methyl sites for hydroxylation is 1. The number of thiazole rings is 1. The molecule has 0 unspecified atom stereocenters. The van der Waals surface area contributed by atoms with Crippen molar-refractivity contribution in [1.82, 2.24) is 9.29 Å². The largest absolute Gasteiger partial charge is 0.250 e. The zero-order valence-electron chi connectivity index (χ0n) is 11.4. The van der Waals surface area contributed by atoms with E-state index in [1.165, 1.54) is 40.9 Å². The Morgan fingerprint density at radius 2 is 2.19 bits per heavy atom. The molecule has 0 aliphatic heterocycles. The summed E-state index contributed by atoms with van der Waals surface area (Å²) in [4.78, 5) is 4.90. The molecule has 5 nitrogen and oxygen atoms in total. The summed E-state index contributed by atoms with van der Waals surface area (Å²) in [6.07, 6.45) is 0. The minimum Gasteiger partial charge on any atom is -0.250 e. The smallest absolute Gasteiger partial charge is 0.244 e. The van der Waals surface area contributed by atoms with Gasteiger partial charge in [-0.2, -0.15) is 9.57 Å². The van der Waals surface area contributed by atoms with Crippen LogP contribution >= 0.6 is 22.9 Å². The van der Waals surface area contributed by atoms with E-state index in [4.69, 9.17) is 16.9 Å². The molecule has 0 aliphatic carbocycles. The summed E-state index contributed by atoms with van der Waals surface area (Å²) in [5.74, 6) is 0. The average molecular weight is 342 g/mol. The van der Waals surface area contributed by atoms with Crippen LogP contribution in [-0.2, 0) is 16.6 Å². The number of halogens is 1. The van der Waals surface area contributed by atoms with Gasteiger partial charge in [0.05, 0.1) is 27.9 Å². The Labute approximate surface area is 132 Å². The highest BCUT2D eigenvalue weighted by Gasteiger charge is 2.25. The Kier molecular flexibility index (Phi) is 4.64. The molecule has 0 spiro atoms. The second-order valence-electron chi connectivity index (χ2n) is 4.38. The van der Waals surface area contributed by atoms with Crippen LogP contribution in [0.2, 0.25) is 5.02 Å². The predicted molar refractivity (Wildman–Crippen MR) is 81.7 cm³/mol. The topological polar surface area (TPSA) is 74.1 Å². The standard InChI is InChI=1S/C13H12ClN3O2S2/c1-9-12(20-8-16-9)7-17(2)21(18,19)13-5-10(6-15)3-4-11(13)14/h3-5,8H,7H2,1-2H3. The molecule has 1 aromatic heterocycles. The molecule has 1 heterocycles. The van der Waals surface area contributed by atoms with Crippen LogP contribution in [0.25, 0.3) is 0 Å². The molecular formula is C13H12ClN3O2S2. The van der Waals surface area contributed by atoms with Gasteiger partial charge in [-0.1, -0.05) is 11.6 Å². The van der Waals surface area contributed by atoms with Crippen molar-refractivity contribution in [2.24, 2.45) is 0 Å². The van der Waals surface area contributed by atoms with Gasteiger partial charge in [0.1, 0.15) is 4.90 Å². The maximum absolute atomic E-state index is 12.6. The lowest BCUT2D eigenvalue weighted by atomic mass is 10.2. The fourth-order valence-electron chi connectivity index (χ4n) is 1.70. The van der Waals surface area contributed by atoms with E-state index < -0.39 is 10.0 Å². The fourth-order valence-corrected chi connectivity index (χ4v) is 4.25. The quantitative estimate of drug-likeness (QED) is 0.857. The molecule has 8 heteroatoms. The third-order valence-electron chi connectivity index (χ3n) is 2.96. The molecule has 110 valence electrons. The van der Waals surface area contributed by atoms with Crippen LogP contribution in [0, 0.1) is 18.3 Å². The summed E-state index contributed by atoms with van der Waals surface area (Å²) in [6, 6.07) is 6.09.